The molecule has 5 heteroatoms. The lowest BCUT2D eigenvalue weighted by Gasteiger charge is -2.19. The molecule has 0 radical (unpaired) electrons. The van der Waals surface area contributed by atoms with E-state index in [1.54, 1.807) is 11.8 Å². The first-order valence-corrected chi connectivity index (χ1v) is 8.60. The summed E-state index contributed by atoms with van der Waals surface area (Å²) in [5, 5.41) is 23.7. The number of fused-ring (bicyclic) bond motifs is 2. The van der Waals surface area contributed by atoms with Gasteiger partial charge in [0.1, 0.15) is 6.10 Å². The van der Waals surface area contributed by atoms with Crippen LogP contribution in [0.4, 0.5) is 0 Å². The highest BCUT2D eigenvalue weighted by Gasteiger charge is 2.26. The monoisotopic (exact) mass is 335 g/mol. The van der Waals surface area contributed by atoms with E-state index in [9.17, 15) is 5.11 Å². The Morgan fingerprint density at radius 2 is 2.05 bits per heavy atom. The molecule has 0 fully saturated rings. The fourth-order valence-corrected chi connectivity index (χ4v) is 4.25. The van der Waals surface area contributed by atoms with Gasteiger partial charge in [0, 0.05) is 29.3 Å². The molecule has 3 N–H and O–H groups in total. The van der Waals surface area contributed by atoms with E-state index in [0.29, 0.717) is 18.1 Å². The lowest BCUT2D eigenvalue weighted by atomic mass is 9.94. The summed E-state index contributed by atoms with van der Waals surface area (Å²) in [5.41, 5.74) is 3.98. The minimum absolute atomic E-state index is 0.0932. The zero-order valence-corrected chi connectivity index (χ0v) is 13.6. The maximum Gasteiger partial charge on any atom is 0.106 e. The summed E-state index contributed by atoms with van der Waals surface area (Å²) in [6.07, 6.45) is -0.675. The lowest BCUT2D eigenvalue weighted by Crippen LogP contribution is -2.19. The van der Waals surface area contributed by atoms with Crippen LogP contribution in [0, 0.1) is 0 Å². The molecule has 1 aliphatic rings. The van der Waals surface area contributed by atoms with Gasteiger partial charge < -0.3 is 15.5 Å². The second-order valence-electron chi connectivity index (χ2n) is 5.24. The quantitative estimate of drug-likeness (QED) is 0.751. The molecule has 0 bridgehead atoms. The summed E-state index contributed by atoms with van der Waals surface area (Å²) in [4.78, 5) is 0.952. The molecule has 22 heavy (non-hydrogen) atoms. The van der Waals surface area contributed by atoms with E-state index in [1.807, 2.05) is 30.3 Å². The van der Waals surface area contributed by atoms with E-state index in [1.165, 1.54) is 0 Å². The maximum absolute atomic E-state index is 10.9. The zero-order valence-electron chi connectivity index (χ0n) is 12.1. The van der Waals surface area contributed by atoms with Gasteiger partial charge in [0.25, 0.3) is 0 Å². The SMILES string of the molecule is OCCNCc1ccc(Cl)c2c1C(O)c1ccccc1CS2. The van der Waals surface area contributed by atoms with E-state index >= 15 is 0 Å². The molecule has 0 spiro atoms. The molecule has 1 atom stereocenters. The smallest absolute Gasteiger partial charge is 0.106 e. The summed E-state index contributed by atoms with van der Waals surface area (Å²) >= 11 is 8.03. The summed E-state index contributed by atoms with van der Waals surface area (Å²) in [6.45, 7) is 1.22. The highest BCUT2D eigenvalue weighted by Crippen LogP contribution is 2.44. The fraction of sp³-hybridized carbons (Fsp3) is 0.294. The van der Waals surface area contributed by atoms with Gasteiger partial charge >= 0.3 is 0 Å². The number of thioether (sulfide) groups is 1. The molecule has 3 nitrogen and oxygen atoms in total. The Morgan fingerprint density at radius 1 is 1.23 bits per heavy atom. The Kier molecular flexibility index (Phi) is 5.06. The van der Waals surface area contributed by atoms with Gasteiger partial charge in [-0.2, -0.15) is 0 Å². The first-order valence-electron chi connectivity index (χ1n) is 7.24. The van der Waals surface area contributed by atoms with Crippen molar-refractivity contribution in [3.8, 4) is 0 Å². The van der Waals surface area contributed by atoms with Crippen LogP contribution in [-0.4, -0.2) is 23.4 Å². The number of hydrogen-bond acceptors (Lipinski definition) is 4. The molecular weight excluding hydrogens is 318 g/mol. The Labute approximate surface area is 139 Å². The first-order chi connectivity index (χ1) is 10.7. The fourth-order valence-electron chi connectivity index (χ4n) is 2.75. The average Bonchev–Trinajstić information content (AvgIpc) is 2.69. The number of halogens is 1. The number of benzene rings is 2. The van der Waals surface area contributed by atoms with Crippen LogP contribution in [-0.2, 0) is 12.3 Å². The topological polar surface area (TPSA) is 52.5 Å². The third-order valence-electron chi connectivity index (χ3n) is 3.84. The number of hydrogen-bond donors (Lipinski definition) is 3. The van der Waals surface area contributed by atoms with Crippen molar-refractivity contribution in [3.05, 3.63) is 63.7 Å². The largest absolute Gasteiger partial charge is 0.395 e. The first kappa shape index (κ1) is 15.8. The van der Waals surface area contributed by atoms with Gasteiger partial charge in [-0.25, -0.2) is 0 Å². The van der Waals surface area contributed by atoms with Crippen molar-refractivity contribution < 1.29 is 10.2 Å². The summed E-state index contributed by atoms with van der Waals surface area (Å²) in [5.74, 6) is 0.799. The van der Waals surface area contributed by atoms with Gasteiger partial charge in [0.2, 0.25) is 0 Å². The number of aliphatic hydroxyl groups is 2. The zero-order chi connectivity index (χ0) is 15.5. The molecule has 1 heterocycles. The highest BCUT2D eigenvalue weighted by atomic mass is 35.5. The van der Waals surface area contributed by atoms with Crippen LogP contribution in [0.5, 0.6) is 0 Å². The third kappa shape index (κ3) is 3.03. The summed E-state index contributed by atoms with van der Waals surface area (Å²) in [6, 6.07) is 11.8. The number of nitrogens with one attached hydrogen (secondary N) is 1. The summed E-state index contributed by atoms with van der Waals surface area (Å²) < 4.78 is 0. The molecule has 2 aromatic carbocycles. The molecule has 3 rings (SSSR count). The van der Waals surface area contributed by atoms with Gasteiger partial charge in [-0.1, -0.05) is 41.9 Å². The van der Waals surface area contributed by atoms with E-state index in [0.717, 1.165) is 32.9 Å². The predicted octanol–water partition coefficient (Wildman–Crippen LogP) is 3.11. The molecular formula is C17H18ClNO2S. The van der Waals surface area contributed by atoms with Crippen molar-refractivity contribution >= 4 is 23.4 Å². The molecule has 1 aliphatic heterocycles. The molecule has 0 saturated heterocycles. The minimum Gasteiger partial charge on any atom is -0.395 e. The number of aliphatic hydroxyl groups excluding tert-OH is 2. The van der Waals surface area contributed by atoms with Crippen molar-refractivity contribution in [2.45, 2.75) is 23.3 Å². The van der Waals surface area contributed by atoms with Crippen LogP contribution in [0.1, 0.15) is 28.4 Å². The van der Waals surface area contributed by atoms with Crippen molar-refractivity contribution in [2.75, 3.05) is 13.2 Å². The number of rotatable bonds is 4. The molecule has 0 saturated carbocycles. The molecule has 116 valence electrons. The predicted molar refractivity (Wildman–Crippen MR) is 90.3 cm³/mol. The van der Waals surface area contributed by atoms with Gasteiger partial charge in [-0.15, -0.1) is 11.8 Å². The molecule has 0 aromatic heterocycles. The minimum atomic E-state index is -0.675. The van der Waals surface area contributed by atoms with Crippen LogP contribution in [0.3, 0.4) is 0 Å². The highest BCUT2D eigenvalue weighted by molar-refractivity contribution is 7.98. The molecule has 1 unspecified atom stereocenters. The third-order valence-corrected chi connectivity index (χ3v) is 5.45. The van der Waals surface area contributed by atoms with Crippen LogP contribution in [0.15, 0.2) is 41.3 Å². The Hall–Kier alpha value is -1.04. The van der Waals surface area contributed by atoms with Crippen LogP contribution < -0.4 is 5.32 Å². The molecule has 0 amide bonds. The average molecular weight is 336 g/mol. The second-order valence-corrected chi connectivity index (χ2v) is 6.63. The molecule has 2 aromatic rings. The Bertz CT molecular complexity index is 678. The van der Waals surface area contributed by atoms with E-state index in [-0.39, 0.29) is 6.61 Å². The second kappa shape index (κ2) is 7.02. The van der Waals surface area contributed by atoms with Crippen LogP contribution in [0.2, 0.25) is 5.02 Å². The van der Waals surface area contributed by atoms with Crippen LogP contribution in [0.25, 0.3) is 0 Å². The Balaban J connectivity index is 2.05. The van der Waals surface area contributed by atoms with Crippen molar-refractivity contribution in [1.82, 2.24) is 5.32 Å². The van der Waals surface area contributed by atoms with Crippen molar-refractivity contribution in [2.24, 2.45) is 0 Å². The van der Waals surface area contributed by atoms with Crippen LogP contribution >= 0.6 is 23.4 Å². The van der Waals surface area contributed by atoms with Gasteiger partial charge in [0.15, 0.2) is 0 Å². The normalized spacial score (nSPS) is 16.8. The molecule has 0 aliphatic carbocycles. The van der Waals surface area contributed by atoms with Gasteiger partial charge in [0.05, 0.1) is 11.6 Å². The Morgan fingerprint density at radius 3 is 2.86 bits per heavy atom. The van der Waals surface area contributed by atoms with E-state index in [2.05, 4.69) is 11.4 Å². The summed E-state index contributed by atoms with van der Waals surface area (Å²) in [7, 11) is 0. The standard InChI is InChI=1S/C17H18ClNO2S/c18-14-6-5-11(9-19-7-8-20)15-16(21)13-4-2-1-3-12(13)10-22-17(14)15/h1-6,16,19-21H,7-10H2. The maximum atomic E-state index is 10.9. The van der Waals surface area contributed by atoms with Crippen molar-refractivity contribution in [1.29, 1.82) is 0 Å². The van der Waals surface area contributed by atoms with Gasteiger partial charge in [-0.3, -0.25) is 0 Å². The van der Waals surface area contributed by atoms with E-state index in [4.69, 9.17) is 16.7 Å². The lowest BCUT2D eigenvalue weighted by molar-refractivity contribution is 0.215. The van der Waals surface area contributed by atoms with Gasteiger partial charge in [-0.05, 0) is 22.8 Å². The van der Waals surface area contributed by atoms with Crippen molar-refractivity contribution in [3.63, 3.8) is 0 Å². The van der Waals surface area contributed by atoms with E-state index < -0.39 is 6.10 Å².